The van der Waals surface area contributed by atoms with E-state index in [1.807, 2.05) is 66.7 Å². The third-order valence-corrected chi connectivity index (χ3v) is 4.00. The number of aromatic nitrogens is 1. The third-order valence-electron chi connectivity index (χ3n) is 4.00. The Kier molecular flexibility index (Phi) is 3.05. The van der Waals surface area contributed by atoms with Gasteiger partial charge >= 0.3 is 5.97 Å². The van der Waals surface area contributed by atoms with Crippen LogP contribution in [0, 0.1) is 0 Å². The summed E-state index contributed by atoms with van der Waals surface area (Å²) in [6, 6.07) is 23.4. The number of pyridine rings is 1. The topological polar surface area (TPSA) is 50.2 Å². The lowest BCUT2D eigenvalue weighted by atomic mass is 9.98. The molecule has 4 aromatic rings. The first-order chi connectivity index (χ1) is 11.2. The van der Waals surface area contributed by atoms with E-state index >= 15 is 0 Å². The maximum Gasteiger partial charge on any atom is 0.354 e. The number of carboxylic acid groups (broad SMARTS) is 1. The molecule has 0 spiro atoms. The Hall–Kier alpha value is -3.20. The van der Waals surface area contributed by atoms with Crippen LogP contribution < -0.4 is 0 Å². The van der Waals surface area contributed by atoms with Crippen LogP contribution in [0.2, 0.25) is 0 Å². The van der Waals surface area contributed by atoms with Crippen LogP contribution in [0.15, 0.2) is 72.8 Å². The Morgan fingerprint density at radius 1 is 0.783 bits per heavy atom. The van der Waals surface area contributed by atoms with E-state index in [4.69, 9.17) is 0 Å². The van der Waals surface area contributed by atoms with Crippen LogP contribution in [0.1, 0.15) is 10.5 Å². The van der Waals surface area contributed by atoms with Crippen molar-refractivity contribution in [1.82, 2.24) is 4.98 Å². The molecule has 1 heterocycles. The number of carbonyl (C=O) groups is 1. The van der Waals surface area contributed by atoms with Crippen molar-refractivity contribution < 1.29 is 9.90 Å². The largest absolute Gasteiger partial charge is 0.477 e. The lowest BCUT2D eigenvalue weighted by Gasteiger charge is -2.10. The molecule has 0 atom stereocenters. The first-order valence-electron chi connectivity index (χ1n) is 7.35. The zero-order valence-corrected chi connectivity index (χ0v) is 12.2. The molecule has 0 radical (unpaired) electrons. The van der Waals surface area contributed by atoms with Gasteiger partial charge in [0.05, 0.1) is 5.69 Å². The van der Waals surface area contributed by atoms with E-state index in [-0.39, 0.29) is 5.69 Å². The summed E-state index contributed by atoms with van der Waals surface area (Å²) in [5.41, 5.74) is 1.71. The number of fused-ring (bicyclic) bond motifs is 2. The Morgan fingerprint density at radius 2 is 1.43 bits per heavy atom. The summed E-state index contributed by atoms with van der Waals surface area (Å²) < 4.78 is 0. The van der Waals surface area contributed by atoms with E-state index in [1.165, 1.54) is 0 Å². The van der Waals surface area contributed by atoms with Crippen molar-refractivity contribution in [2.75, 3.05) is 0 Å². The second kappa shape index (κ2) is 5.21. The molecule has 23 heavy (non-hydrogen) atoms. The molecule has 0 aliphatic heterocycles. The molecular formula is C20H13NO2. The highest BCUT2D eigenvalue weighted by Crippen LogP contribution is 2.32. The predicted octanol–water partition coefficient (Wildman–Crippen LogP) is 4.75. The van der Waals surface area contributed by atoms with Crippen LogP contribution in [0.5, 0.6) is 0 Å². The normalized spacial score (nSPS) is 11.0. The van der Waals surface area contributed by atoms with Gasteiger partial charge in [-0.3, -0.25) is 0 Å². The lowest BCUT2D eigenvalue weighted by molar-refractivity contribution is 0.0691. The van der Waals surface area contributed by atoms with Crippen molar-refractivity contribution in [1.29, 1.82) is 0 Å². The zero-order chi connectivity index (χ0) is 15.8. The van der Waals surface area contributed by atoms with Crippen molar-refractivity contribution in [3.05, 3.63) is 78.5 Å². The van der Waals surface area contributed by atoms with Crippen molar-refractivity contribution >= 4 is 27.5 Å². The first-order valence-corrected chi connectivity index (χ1v) is 7.35. The molecule has 1 N–H and O–H groups in total. The standard InChI is InChI=1S/C20H13NO2/c22-20(23)18-12-14-7-2-4-10-16(14)19(21-18)17-11-5-8-13-6-1-3-9-15(13)17/h1-12H,(H,22,23). The molecule has 1 aromatic heterocycles. The fourth-order valence-corrected chi connectivity index (χ4v) is 2.95. The van der Waals surface area contributed by atoms with E-state index in [1.54, 1.807) is 6.07 Å². The van der Waals surface area contributed by atoms with E-state index in [0.717, 1.165) is 27.1 Å². The van der Waals surface area contributed by atoms with Gasteiger partial charge in [0.2, 0.25) is 0 Å². The predicted molar refractivity (Wildman–Crippen MR) is 91.6 cm³/mol. The van der Waals surface area contributed by atoms with Gasteiger partial charge in [-0.1, -0.05) is 66.7 Å². The fourth-order valence-electron chi connectivity index (χ4n) is 2.95. The number of aromatic carboxylic acids is 1. The molecule has 110 valence electrons. The molecule has 3 heteroatoms. The number of rotatable bonds is 2. The van der Waals surface area contributed by atoms with Gasteiger partial charge in [-0.05, 0) is 22.2 Å². The van der Waals surface area contributed by atoms with Gasteiger partial charge in [0.15, 0.2) is 0 Å². The number of benzene rings is 3. The van der Waals surface area contributed by atoms with Gasteiger partial charge in [0, 0.05) is 10.9 Å². The highest BCUT2D eigenvalue weighted by atomic mass is 16.4. The number of nitrogens with zero attached hydrogens (tertiary/aromatic N) is 1. The third kappa shape index (κ3) is 2.23. The molecule has 0 bridgehead atoms. The minimum Gasteiger partial charge on any atom is -0.477 e. The summed E-state index contributed by atoms with van der Waals surface area (Å²) in [7, 11) is 0. The molecule has 3 nitrogen and oxygen atoms in total. The van der Waals surface area contributed by atoms with E-state index in [0.29, 0.717) is 5.69 Å². The second-order valence-corrected chi connectivity index (χ2v) is 5.41. The van der Waals surface area contributed by atoms with Crippen molar-refractivity contribution in [2.24, 2.45) is 0 Å². The van der Waals surface area contributed by atoms with E-state index < -0.39 is 5.97 Å². The maximum atomic E-state index is 11.4. The van der Waals surface area contributed by atoms with Crippen LogP contribution in [-0.4, -0.2) is 16.1 Å². The van der Waals surface area contributed by atoms with Crippen LogP contribution in [0.25, 0.3) is 32.8 Å². The molecule has 0 amide bonds. The van der Waals surface area contributed by atoms with E-state index in [2.05, 4.69) is 4.98 Å². The fraction of sp³-hybridized carbons (Fsp3) is 0. The molecule has 0 fully saturated rings. The average Bonchev–Trinajstić information content (AvgIpc) is 2.60. The van der Waals surface area contributed by atoms with Gasteiger partial charge in [-0.15, -0.1) is 0 Å². The minimum atomic E-state index is -1.02. The Balaban J connectivity index is 2.13. The Labute approximate surface area is 132 Å². The first kappa shape index (κ1) is 13.5. The smallest absolute Gasteiger partial charge is 0.354 e. The van der Waals surface area contributed by atoms with Crippen molar-refractivity contribution in [3.8, 4) is 11.3 Å². The van der Waals surface area contributed by atoms with Gasteiger partial charge in [-0.25, -0.2) is 9.78 Å². The maximum absolute atomic E-state index is 11.4. The number of hydrogen-bond acceptors (Lipinski definition) is 2. The van der Waals surface area contributed by atoms with Crippen LogP contribution in [0.3, 0.4) is 0 Å². The highest BCUT2D eigenvalue weighted by molar-refractivity contribution is 6.05. The van der Waals surface area contributed by atoms with Gasteiger partial charge in [0.25, 0.3) is 0 Å². The number of carboxylic acids is 1. The summed E-state index contributed by atoms with van der Waals surface area (Å²) >= 11 is 0. The van der Waals surface area contributed by atoms with Gasteiger partial charge in [-0.2, -0.15) is 0 Å². The molecule has 0 aliphatic rings. The summed E-state index contributed by atoms with van der Waals surface area (Å²) in [5, 5.41) is 13.4. The highest BCUT2D eigenvalue weighted by Gasteiger charge is 2.14. The SMILES string of the molecule is O=C(O)c1cc2ccccc2c(-c2cccc3ccccc23)n1. The quantitative estimate of drug-likeness (QED) is 0.581. The molecule has 3 aromatic carbocycles. The van der Waals surface area contributed by atoms with Crippen LogP contribution in [0.4, 0.5) is 0 Å². The summed E-state index contributed by atoms with van der Waals surface area (Å²) in [5.74, 6) is -1.02. The van der Waals surface area contributed by atoms with Gasteiger partial charge in [0.1, 0.15) is 5.69 Å². The lowest BCUT2D eigenvalue weighted by Crippen LogP contribution is -2.02. The summed E-state index contributed by atoms with van der Waals surface area (Å²) in [6.45, 7) is 0. The average molecular weight is 299 g/mol. The Morgan fingerprint density at radius 3 is 2.22 bits per heavy atom. The molecule has 0 aliphatic carbocycles. The second-order valence-electron chi connectivity index (χ2n) is 5.41. The Bertz CT molecular complexity index is 1050. The molecular weight excluding hydrogens is 286 g/mol. The monoisotopic (exact) mass is 299 g/mol. The molecule has 4 rings (SSSR count). The van der Waals surface area contributed by atoms with Crippen molar-refractivity contribution in [3.63, 3.8) is 0 Å². The van der Waals surface area contributed by atoms with Crippen LogP contribution >= 0.6 is 0 Å². The molecule has 0 saturated carbocycles. The van der Waals surface area contributed by atoms with Gasteiger partial charge < -0.3 is 5.11 Å². The summed E-state index contributed by atoms with van der Waals surface area (Å²) in [4.78, 5) is 15.9. The van der Waals surface area contributed by atoms with Crippen LogP contribution in [-0.2, 0) is 0 Å². The zero-order valence-electron chi connectivity index (χ0n) is 12.2. The summed E-state index contributed by atoms with van der Waals surface area (Å²) in [6.07, 6.45) is 0. The number of hydrogen-bond donors (Lipinski definition) is 1. The van der Waals surface area contributed by atoms with E-state index in [9.17, 15) is 9.90 Å². The molecule has 0 unspecified atom stereocenters. The van der Waals surface area contributed by atoms with Crippen molar-refractivity contribution in [2.45, 2.75) is 0 Å². The minimum absolute atomic E-state index is 0.0617. The molecule has 0 saturated heterocycles.